The van der Waals surface area contributed by atoms with Crippen LogP contribution in [-0.4, -0.2) is 44.6 Å². The number of halogens is 3. The van der Waals surface area contributed by atoms with Gasteiger partial charge in [-0.3, -0.25) is 0 Å². The molecule has 0 aromatic heterocycles. The van der Waals surface area contributed by atoms with Crippen LogP contribution in [0.4, 0.5) is 8.78 Å². The number of alkyl halides is 2. The van der Waals surface area contributed by atoms with E-state index >= 15 is 0 Å². The third kappa shape index (κ3) is 12.2. The molecule has 0 aliphatic carbocycles. The molecule has 242 valence electrons. The van der Waals surface area contributed by atoms with E-state index in [4.69, 9.17) is 35.7 Å². The monoisotopic (exact) mass is 640 g/mol. The molecule has 4 aromatic rings. The Morgan fingerprint density at radius 1 is 0.822 bits per heavy atom. The van der Waals surface area contributed by atoms with Gasteiger partial charge in [0.1, 0.15) is 11.9 Å². The quantitative estimate of drug-likeness (QED) is 0.178. The van der Waals surface area contributed by atoms with Gasteiger partial charge < -0.3 is 24.1 Å². The van der Waals surface area contributed by atoms with Crippen LogP contribution in [0.5, 0.6) is 5.75 Å². The summed E-state index contributed by atoms with van der Waals surface area (Å²) in [6.07, 6.45) is -3.22. The second-order valence-electron chi connectivity index (χ2n) is 10.4. The minimum absolute atomic E-state index is 0.174. The van der Waals surface area contributed by atoms with E-state index < -0.39 is 18.6 Å². The van der Waals surface area contributed by atoms with E-state index in [1.54, 1.807) is 7.11 Å². The maximum absolute atomic E-state index is 13.7. The first-order valence-electron chi connectivity index (χ1n) is 15.0. The molecule has 1 aliphatic heterocycles. The molecule has 1 N–H and O–H groups in total. The van der Waals surface area contributed by atoms with Crippen molar-refractivity contribution in [2.24, 2.45) is 0 Å². The molecule has 0 saturated carbocycles. The predicted octanol–water partition coefficient (Wildman–Crippen LogP) is 8.84. The Labute approximate surface area is 270 Å². The van der Waals surface area contributed by atoms with Crippen LogP contribution in [0, 0.1) is 0 Å². The molecule has 0 radical (unpaired) electrons. The Bertz CT molecular complexity index is 1360. The van der Waals surface area contributed by atoms with E-state index in [1.165, 1.54) is 5.56 Å². The topological polar surface area (TPSA) is 57.2 Å². The number of aliphatic hydroxyl groups excluding tert-OH is 1. The fraction of sp³-hybridized carbons (Fsp3) is 0.351. The summed E-state index contributed by atoms with van der Waals surface area (Å²) < 4.78 is 49.6. The Kier molecular flexibility index (Phi) is 16.0. The van der Waals surface area contributed by atoms with Gasteiger partial charge in [0.2, 0.25) is 0 Å². The molecule has 0 bridgehead atoms. The largest absolute Gasteiger partial charge is 0.494 e. The Morgan fingerprint density at radius 3 is 2.02 bits per heavy atom. The van der Waals surface area contributed by atoms with Crippen LogP contribution in [0.15, 0.2) is 103 Å². The van der Waals surface area contributed by atoms with Crippen molar-refractivity contribution in [2.45, 2.75) is 64.1 Å². The molecule has 5 nitrogen and oxygen atoms in total. The summed E-state index contributed by atoms with van der Waals surface area (Å²) in [4.78, 5) is 0. The van der Waals surface area contributed by atoms with Crippen molar-refractivity contribution in [3.63, 3.8) is 0 Å². The summed E-state index contributed by atoms with van der Waals surface area (Å²) >= 11 is 6.48. The SMILES string of the molecule is CCOc1ccc(Cc2cc(C3CC(OCc4ccccc4)CC(C(F)F)O3)ccc2Cl)cc1.CO.COCc1ccccc1. The second-order valence-corrected chi connectivity index (χ2v) is 10.8. The molecular weight excluding hydrogens is 598 g/mol. The second kappa shape index (κ2) is 19.9. The van der Waals surface area contributed by atoms with Gasteiger partial charge in [-0.05, 0) is 59.4 Å². The van der Waals surface area contributed by atoms with Crippen LogP contribution in [0.2, 0.25) is 5.02 Å². The molecule has 1 aliphatic rings. The lowest BCUT2D eigenvalue weighted by Gasteiger charge is -2.35. The van der Waals surface area contributed by atoms with E-state index in [0.29, 0.717) is 37.7 Å². The molecule has 1 saturated heterocycles. The zero-order chi connectivity index (χ0) is 32.4. The lowest BCUT2D eigenvalue weighted by atomic mass is 9.93. The summed E-state index contributed by atoms with van der Waals surface area (Å²) in [6.45, 7) is 3.66. The van der Waals surface area contributed by atoms with Crippen molar-refractivity contribution in [3.05, 3.63) is 136 Å². The van der Waals surface area contributed by atoms with Gasteiger partial charge in [0, 0.05) is 32.1 Å². The number of benzene rings is 4. The van der Waals surface area contributed by atoms with Gasteiger partial charge in [0.15, 0.2) is 0 Å². The minimum Gasteiger partial charge on any atom is -0.494 e. The van der Waals surface area contributed by atoms with Crippen LogP contribution in [-0.2, 0) is 33.8 Å². The van der Waals surface area contributed by atoms with Crippen molar-refractivity contribution in [1.29, 1.82) is 0 Å². The number of hydrogen-bond acceptors (Lipinski definition) is 5. The molecule has 5 rings (SSSR count). The Morgan fingerprint density at radius 2 is 1.44 bits per heavy atom. The highest BCUT2D eigenvalue weighted by Gasteiger charge is 2.36. The van der Waals surface area contributed by atoms with Crippen LogP contribution < -0.4 is 4.74 Å². The van der Waals surface area contributed by atoms with Crippen LogP contribution in [0.3, 0.4) is 0 Å². The fourth-order valence-corrected chi connectivity index (χ4v) is 5.16. The third-order valence-electron chi connectivity index (χ3n) is 7.15. The Hall–Kier alpha value is -3.33. The maximum atomic E-state index is 13.7. The first-order chi connectivity index (χ1) is 21.9. The van der Waals surface area contributed by atoms with Crippen molar-refractivity contribution >= 4 is 11.6 Å². The van der Waals surface area contributed by atoms with Crippen LogP contribution in [0.1, 0.15) is 53.7 Å². The standard InChI is InChI=1S/C28H29ClF2O3.C8H10O.CH4O/c1-2-32-23-11-8-19(9-12-23)14-22-15-21(10-13-25(22)29)26-16-24(17-27(34-26)28(30)31)33-18-20-6-4-3-5-7-20;1-9-7-8-5-3-2-4-6-8;1-2/h3-13,15,24,26-28H,2,14,16-18H2,1H3;2-6H,7H2,1H3;2H,1H3. The third-order valence-corrected chi connectivity index (χ3v) is 7.51. The van der Waals surface area contributed by atoms with Gasteiger partial charge in [-0.1, -0.05) is 96.5 Å². The Balaban J connectivity index is 0.000000427. The molecule has 1 fully saturated rings. The van der Waals surface area contributed by atoms with E-state index in [1.807, 2.05) is 110 Å². The van der Waals surface area contributed by atoms with E-state index in [-0.39, 0.29) is 12.5 Å². The molecule has 8 heteroatoms. The first kappa shape index (κ1) is 36.1. The lowest BCUT2D eigenvalue weighted by molar-refractivity contribution is -0.163. The summed E-state index contributed by atoms with van der Waals surface area (Å²) in [5.74, 6) is 0.821. The van der Waals surface area contributed by atoms with Crippen molar-refractivity contribution in [3.8, 4) is 5.75 Å². The van der Waals surface area contributed by atoms with E-state index in [0.717, 1.165) is 35.1 Å². The summed E-state index contributed by atoms with van der Waals surface area (Å²) in [7, 11) is 2.70. The van der Waals surface area contributed by atoms with E-state index in [9.17, 15) is 8.78 Å². The number of aliphatic hydroxyl groups is 1. The van der Waals surface area contributed by atoms with Crippen molar-refractivity contribution in [1.82, 2.24) is 0 Å². The van der Waals surface area contributed by atoms with Gasteiger partial charge in [0.05, 0.1) is 32.0 Å². The highest BCUT2D eigenvalue weighted by atomic mass is 35.5. The molecule has 45 heavy (non-hydrogen) atoms. The average molecular weight is 641 g/mol. The maximum Gasteiger partial charge on any atom is 0.264 e. The van der Waals surface area contributed by atoms with Gasteiger partial charge in [-0.15, -0.1) is 0 Å². The molecule has 1 heterocycles. The van der Waals surface area contributed by atoms with Crippen LogP contribution >= 0.6 is 11.6 Å². The van der Waals surface area contributed by atoms with Gasteiger partial charge in [-0.25, -0.2) is 8.78 Å². The minimum atomic E-state index is -2.57. The number of methoxy groups -OCH3 is 1. The number of hydrogen-bond donors (Lipinski definition) is 1. The van der Waals surface area contributed by atoms with Gasteiger partial charge in [0.25, 0.3) is 6.43 Å². The number of rotatable bonds is 11. The molecule has 4 aromatic carbocycles. The first-order valence-corrected chi connectivity index (χ1v) is 15.4. The van der Waals surface area contributed by atoms with Gasteiger partial charge in [-0.2, -0.15) is 0 Å². The summed E-state index contributed by atoms with van der Waals surface area (Å²) in [6, 6.07) is 33.4. The molecule has 0 amide bonds. The predicted molar refractivity (Wildman–Crippen MR) is 175 cm³/mol. The van der Waals surface area contributed by atoms with E-state index in [2.05, 4.69) is 0 Å². The molecular formula is C37H43ClF2O5. The lowest BCUT2D eigenvalue weighted by Crippen LogP contribution is -2.37. The highest BCUT2D eigenvalue weighted by Crippen LogP contribution is 2.37. The fourth-order valence-electron chi connectivity index (χ4n) is 4.98. The molecule has 3 atom stereocenters. The molecule has 3 unspecified atom stereocenters. The van der Waals surface area contributed by atoms with Crippen molar-refractivity contribution in [2.75, 3.05) is 20.8 Å². The van der Waals surface area contributed by atoms with Crippen LogP contribution in [0.25, 0.3) is 0 Å². The van der Waals surface area contributed by atoms with Gasteiger partial charge >= 0.3 is 0 Å². The molecule has 0 spiro atoms. The normalized spacial score (nSPS) is 17.5. The highest BCUT2D eigenvalue weighted by molar-refractivity contribution is 6.31. The average Bonchev–Trinajstić information content (AvgIpc) is 3.08. The summed E-state index contributed by atoms with van der Waals surface area (Å²) in [5, 5.41) is 7.63. The van der Waals surface area contributed by atoms with Crippen molar-refractivity contribution < 1.29 is 32.8 Å². The number of ether oxygens (including phenoxy) is 4. The summed E-state index contributed by atoms with van der Waals surface area (Å²) in [5.41, 5.74) is 5.08. The smallest absolute Gasteiger partial charge is 0.264 e. The zero-order valence-electron chi connectivity index (χ0n) is 26.1. The zero-order valence-corrected chi connectivity index (χ0v) is 26.8.